The zero-order chi connectivity index (χ0) is 20.6. The molecule has 0 radical (unpaired) electrons. The van der Waals surface area contributed by atoms with E-state index in [2.05, 4.69) is 53.3 Å². The number of amides is 1. The Kier molecular flexibility index (Phi) is 6.85. The van der Waals surface area contributed by atoms with Crippen LogP contribution in [0, 0.1) is 0 Å². The average Bonchev–Trinajstić information content (AvgIpc) is 2.76. The van der Waals surface area contributed by atoms with E-state index in [1.807, 2.05) is 36.4 Å². The van der Waals surface area contributed by atoms with Gasteiger partial charge < -0.3 is 15.1 Å². The van der Waals surface area contributed by atoms with Gasteiger partial charge in [0.25, 0.3) is 5.91 Å². The molecule has 3 rings (SSSR count). The third-order valence-corrected chi connectivity index (χ3v) is 4.88. The second kappa shape index (κ2) is 9.73. The molecule has 1 heterocycles. The quantitative estimate of drug-likeness (QED) is 0.594. The van der Waals surface area contributed by atoms with Crippen molar-refractivity contribution >= 4 is 23.0 Å². The molecule has 29 heavy (non-hydrogen) atoms. The highest BCUT2D eigenvalue weighted by molar-refractivity contribution is 5.92. The van der Waals surface area contributed by atoms with Crippen LogP contribution < -0.4 is 10.2 Å². The van der Waals surface area contributed by atoms with Crippen LogP contribution >= 0.6 is 0 Å². The number of benzene rings is 2. The zero-order valence-corrected chi connectivity index (χ0v) is 17.3. The molecule has 0 bridgehead atoms. The lowest BCUT2D eigenvalue weighted by Gasteiger charge is -2.21. The molecule has 0 fully saturated rings. The standard InChI is InChI=1S/C24H28N4O/c1-4-28(5-2)22-14-11-20(12-15-22)26-21-13-16-23(25-17-21)24(29)27(3)18-19-9-7-6-8-10-19/h6-17,26H,4-5,18H2,1-3H3. The van der Waals surface area contributed by atoms with Crippen LogP contribution in [0.1, 0.15) is 29.9 Å². The van der Waals surface area contributed by atoms with Crippen molar-refractivity contribution in [3.8, 4) is 0 Å². The average molecular weight is 389 g/mol. The summed E-state index contributed by atoms with van der Waals surface area (Å²) in [5, 5.41) is 3.34. The van der Waals surface area contributed by atoms with Crippen molar-refractivity contribution in [2.24, 2.45) is 0 Å². The maximum atomic E-state index is 12.6. The van der Waals surface area contributed by atoms with Crippen LogP contribution in [0.25, 0.3) is 0 Å². The first kappa shape index (κ1) is 20.4. The minimum Gasteiger partial charge on any atom is -0.372 e. The van der Waals surface area contributed by atoms with E-state index in [1.54, 1.807) is 24.2 Å². The van der Waals surface area contributed by atoms with E-state index in [9.17, 15) is 4.79 Å². The van der Waals surface area contributed by atoms with Gasteiger partial charge in [-0.2, -0.15) is 0 Å². The second-order valence-corrected chi connectivity index (χ2v) is 6.92. The lowest BCUT2D eigenvalue weighted by Crippen LogP contribution is -2.26. The smallest absolute Gasteiger partial charge is 0.272 e. The number of rotatable bonds is 8. The summed E-state index contributed by atoms with van der Waals surface area (Å²) in [6.45, 7) is 6.84. The molecule has 0 saturated carbocycles. The van der Waals surface area contributed by atoms with Crippen LogP contribution in [0.15, 0.2) is 72.9 Å². The van der Waals surface area contributed by atoms with Gasteiger partial charge in [-0.15, -0.1) is 0 Å². The van der Waals surface area contributed by atoms with Gasteiger partial charge in [0.2, 0.25) is 0 Å². The Morgan fingerprint density at radius 3 is 2.14 bits per heavy atom. The van der Waals surface area contributed by atoms with E-state index < -0.39 is 0 Å². The number of nitrogens with zero attached hydrogens (tertiary/aromatic N) is 3. The van der Waals surface area contributed by atoms with Gasteiger partial charge >= 0.3 is 0 Å². The number of anilines is 3. The summed E-state index contributed by atoms with van der Waals surface area (Å²) in [6, 6.07) is 21.9. The highest BCUT2D eigenvalue weighted by atomic mass is 16.2. The minimum absolute atomic E-state index is 0.0935. The molecule has 0 aliphatic carbocycles. The predicted octanol–water partition coefficient (Wildman–Crippen LogP) is 4.94. The molecule has 1 N–H and O–H groups in total. The monoisotopic (exact) mass is 388 g/mol. The zero-order valence-electron chi connectivity index (χ0n) is 17.3. The van der Waals surface area contributed by atoms with E-state index in [0.29, 0.717) is 12.2 Å². The van der Waals surface area contributed by atoms with Gasteiger partial charge in [-0.25, -0.2) is 4.98 Å². The number of aromatic nitrogens is 1. The molecule has 1 amide bonds. The van der Waals surface area contributed by atoms with Crippen molar-refractivity contribution in [2.75, 3.05) is 30.4 Å². The Labute approximate surface area is 173 Å². The Hall–Kier alpha value is -3.34. The summed E-state index contributed by atoms with van der Waals surface area (Å²) < 4.78 is 0. The molecule has 0 atom stereocenters. The normalized spacial score (nSPS) is 10.4. The summed E-state index contributed by atoms with van der Waals surface area (Å²) in [7, 11) is 1.79. The Balaban J connectivity index is 1.61. The summed E-state index contributed by atoms with van der Waals surface area (Å²) >= 11 is 0. The maximum Gasteiger partial charge on any atom is 0.272 e. The highest BCUT2D eigenvalue weighted by Gasteiger charge is 2.13. The van der Waals surface area contributed by atoms with Crippen molar-refractivity contribution in [1.82, 2.24) is 9.88 Å². The van der Waals surface area contributed by atoms with Crippen molar-refractivity contribution in [3.63, 3.8) is 0 Å². The number of nitrogens with one attached hydrogen (secondary N) is 1. The van der Waals surface area contributed by atoms with Crippen molar-refractivity contribution < 1.29 is 4.79 Å². The van der Waals surface area contributed by atoms with Crippen molar-refractivity contribution in [3.05, 3.63) is 84.2 Å². The molecule has 5 nitrogen and oxygen atoms in total. The molecule has 2 aromatic carbocycles. The molecule has 3 aromatic rings. The van der Waals surface area contributed by atoms with Crippen LogP contribution in [0.3, 0.4) is 0 Å². The third-order valence-electron chi connectivity index (χ3n) is 4.88. The number of pyridine rings is 1. The summed E-state index contributed by atoms with van der Waals surface area (Å²) in [5.74, 6) is -0.0935. The van der Waals surface area contributed by atoms with Crippen LogP contribution in [0.5, 0.6) is 0 Å². The molecule has 0 saturated heterocycles. The first-order valence-electron chi connectivity index (χ1n) is 9.98. The van der Waals surface area contributed by atoms with Crippen molar-refractivity contribution in [1.29, 1.82) is 0 Å². The van der Waals surface area contributed by atoms with Gasteiger partial charge in [-0.05, 0) is 55.8 Å². The Morgan fingerprint density at radius 1 is 0.897 bits per heavy atom. The fourth-order valence-corrected chi connectivity index (χ4v) is 3.23. The minimum atomic E-state index is -0.0935. The van der Waals surface area contributed by atoms with Gasteiger partial charge in [-0.3, -0.25) is 4.79 Å². The topological polar surface area (TPSA) is 48.5 Å². The number of carbonyl (C=O) groups is 1. The number of hydrogen-bond acceptors (Lipinski definition) is 4. The van der Waals surface area contributed by atoms with Crippen molar-refractivity contribution in [2.45, 2.75) is 20.4 Å². The van der Waals surface area contributed by atoms with Crippen LogP contribution in [-0.4, -0.2) is 35.9 Å². The summed E-state index contributed by atoms with van der Waals surface area (Å²) in [5.41, 5.74) is 4.58. The number of carbonyl (C=O) groups excluding carboxylic acids is 1. The lowest BCUT2D eigenvalue weighted by molar-refractivity contribution is 0.0779. The molecule has 5 heteroatoms. The third kappa shape index (κ3) is 5.35. The molecule has 0 aliphatic rings. The van der Waals surface area contributed by atoms with E-state index in [1.165, 1.54) is 5.69 Å². The summed E-state index contributed by atoms with van der Waals surface area (Å²) in [6.07, 6.45) is 1.70. The molecule has 0 spiro atoms. The SMILES string of the molecule is CCN(CC)c1ccc(Nc2ccc(C(=O)N(C)Cc3ccccc3)nc2)cc1. The van der Waals surface area contributed by atoms with Crippen LogP contribution in [0.2, 0.25) is 0 Å². The van der Waals surface area contributed by atoms with Crippen LogP contribution in [-0.2, 0) is 6.54 Å². The Morgan fingerprint density at radius 2 is 1.55 bits per heavy atom. The van der Waals surface area contributed by atoms with Gasteiger partial charge in [0, 0.05) is 38.1 Å². The fourth-order valence-electron chi connectivity index (χ4n) is 3.23. The van der Waals surface area contributed by atoms with Gasteiger partial charge in [0.15, 0.2) is 0 Å². The van der Waals surface area contributed by atoms with E-state index in [0.717, 1.165) is 30.0 Å². The lowest BCUT2D eigenvalue weighted by atomic mass is 10.2. The predicted molar refractivity (Wildman–Crippen MR) is 120 cm³/mol. The number of hydrogen-bond donors (Lipinski definition) is 1. The van der Waals surface area contributed by atoms with E-state index in [-0.39, 0.29) is 5.91 Å². The summed E-state index contributed by atoms with van der Waals surface area (Å²) in [4.78, 5) is 20.9. The highest BCUT2D eigenvalue weighted by Crippen LogP contribution is 2.21. The second-order valence-electron chi connectivity index (χ2n) is 6.92. The van der Waals surface area contributed by atoms with Crippen LogP contribution in [0.4, 0.5) is 17.1 Å². The molecular weight excluding hydrogens is 360 g/mol. The van der Waals surface area contributed by atoms with Gasteiger partial charge in [0.05, 0.1) is 11.9 Å². The molecule has 0 unspecified atom stereocenters. The molecule has 1 aromatic heterocycles. The first-order valence-corrected chi connectivity index (χ1v) is 9.98. The van der Waals surface area contributed by atoms with E-state index in [4.69, 9.17) is 0 Å². The molecular formula is C24H28N4O. The van der Waals surface area contributed by atoms with Gasteiger partial charge in [0.1, 0.15) is 5.69 Å². The molecule has 150 valence electrons. The van der Waals surface area contributed by atoms with E-state index >= 15 is 0 Å². The maximum absolute atomic E-state index is 12.6. The largest absolute Gasteiger partial charge is 0.372 e. The molecule has 0 aliphatic heterocycles. The van der Waals surface area contributed by atoms with Gasteiger partial charge in [-0.1, -0.05) is 30.3 Å². The Bertz CT molecular complexity index is 904. The first-order chi connectivity index (χ1) is 14.1. The fraction of sp³-hybridized carbons (Fsp3) is 0.250.